The molecule has 160 valence electrons. The summed E-state index contributed by atoms with van der Waals surface area (Å²) in [5.41, 5.74) is 1.05. The normalized spacial score (nSPS) is 11.0. The lowest BCUT2D eigenvalue weighted by Gasteiger charge is -2.12. The van der Waals surface area contributed by atoms with Crippen LogP contribution in [0.25, 0.3) is 12.2 Å². The van der Waals surface area contributed by atoms with Crippen LogP contribution in [0, 0.1) is 11.3 Å². The zero-order chi connectivity index (χ0) is 22.8. The van der Waals surface area contributed by atoms with Crippen molar-refractivity contribution in [1.29, 1.82) is 5.26 Å². The van der Waals surface area contributed by atoms with Crippen LogP contribution in [-0.2, 0) is 14.3 Å². The molecular weight excluding hydrogens is 466 g/mol. The third-order valence-corrected chi connectivity index (χ3v) is 4.45. The lowest BCUT2D eigenvalue weighted by Crippen LogP contribution is -2.04. The molecule has 2 aromatic rings. The number of benzene rings is 2. The van der Waals surface area contributed by atoms with E-state index in [0.29, 0.717) is 33.7 Å². The molecule has 0 spiro atoms. The van der Waals surface area contributed by atoms with Gasteiger partial charge in [0.1, 0.15) is 17.4 Å². The van der Waals surface area contributed by atoms with Crippen LogP contribution in [0.1, 0.15) is 18.1 Å². The molecule has 0 bridgehead atoms. The van der Waals surface area contributed by atoms with E-state index in [-0.39, 0.29) is 11.3 Å². The van der Waals surface area contributed by atoms with E-state index in [1.54, 1.807) is 42.5 Å². The van der Waals surface area contributed by atoms with Crippen molar-refractivity contribution in [3.63, 3.8) is 0 Å². The highest BCUT2D eigenvalue weighted by atomic mass is 79.9. The molecule has 0 atom stereocenters. The van der Waals surface area contributed by atoms with Gasteiger partial charge in [-0.15, -0.1) is 0 Å². The Morgan fingerprint density at radius 3 is 2.58 bits per heavy atom. The van der Waals surface area contributed by atoms with Gasteiger partial charge < -0.3 is 18.9 Å². The van der Waals surface area contributed by atoms with Crippen LogP contribution in [0.5, 0.6) is 17.2 Å². The average Bonchev–Trinajstić information content (AvgIpc) is 2.77. The van der Waals surface area contributed by atoms with Gasteiger partial charge in [0.05, 0.1) is 25.3 Å². The van der Waals surface area contributed by atoms with Crippen molar-refractivity contribution in [1.82, 2.24) is 0 Å². The first kappa shape index (κ1) is 23.7. The highest BCUT2D eigenvalue weighted by Gasteiger charge is 2.11. The van der Waals surface area contributed by atoms with Crippen LogP contribution in [-0.4, -0.2) is 32.8 Å². The predicted molar refractivity (Wildman–Crippen MR) is 119 cm³/mol. The monoisotopic (exact) mass is 485 g/mol. The number of esters is 2. The van der Waals surface area contributed by atoms with Crippen molar-refractivity contribution in [2.75, 3.05) is 20.8 Å². The van der Waals surface area contributed by atoms with Gasteiger partial charge in [-0.1, -0.05) is 12.1 Å². The van der Waals surface area contributed by atoms with Crippen molar-refractivity contribution in [2.45, 2.75) is 6.92 Å². The summed E-state index contributed by atoms with van der Waals surface area (Å²) in [5, 5.41) is 9.05. The fourth-order valence-corrected chi connectivity index (χ4v) is 3.09. The number of ether oxygens (including phenoxy) is 4. The van der Waals surface area contributed by atoms with Gasteiger partial charge >= 0.3 is 11.9 Å². The molecule has 0 aliphatic rings. The highest BCUT2D eigenvalue weighted by Crippen LogP contribution is 2.37. The zero-order valence-corrected chi connectivity index (χ0v) is 18.8. The maximum absolute atomic E-state index is 12.2. The summed E-state index contributed by atoms with van der Waals surface area (Å²) in [6.07, 6.45) is 4.21. The van der Waals surface area contributed by atoms with E-state index in [1.165, 1.54) is 32.4 Å². The van der Waals surface area contributed by atoms with Crippen molar-refractivity contribution in [2.24, 2.45) is 0 Å². The number of hydrogen-bond donors (Lipinski definition) is 0. The molecule has 8 heteroatoms. The minimum atomic E-state index is -0.746. The second-order valence-corrected chi connectivity index (χ2v) is 6.81. The lowest BCUT2D eigenvalue weighted by molar-refractivity contribution is -0.135. The molecule has 2 aromatic carbocycles. The minimum absolute atomic E-state index is 0.166. The molecule has 0 radical (unpaired) electrons. The van der Waals surface area contributed by atoms with Gasteiger partial charge in [-0.3, -0.25) is 0 Å². The van der Waals surface area contributed by atoms with Gasteiger partial charge in [-0.05, 0) is 70.4 Å². The van der Waals surface area contributed by atoms with Gasteiger partial charge in [-0.25, -0.2) is 9.59 Å². The zero-order valence-electron chi connectivity index (χ0n) is 17.2. The molecule has 0 heterocycles. The Labute approximate surface area is 188 Å². The van der Waals surface area contributed by atoms with E-state index >= 15 is 0 Å². The van der Waals surface area contributed by atoms with Gasteiger partial charge in [0.15, 0.2) is 11.5 Å². The fourth-order valence-electron chi connectivity index (χ4n) is 2.52. The SMILES string of the molecule is CCOc1c(Br)cc(/C=C/C(=O)Oc2cccc(/C=C(\C#N)C(=O)OC)c2)cc1OC. The molecular formula is C23H20BrNO6. The summed E-state index contributed by atoms with van der Waals surface area (Å²) in [5.74, 6) is 0.0280. The van der Waals surface area contributed by atoms with Crippen LogP contribution in [0.3, 0.4) is 0 Å². The Hall–Kier alpha value is -3.57. The van der Waals surface area contributed by atoms with Crippen molar-refractivity contribution in [3.05, 3.63) is 63.6 Å². The molecule has 0 aromatic heterocycles. The minimum Gasteiger partial charge on any atom is -0.493 e. The predicted octanol–water partition coefficient (Wildman–Crippen LogP) is 4.56. The number of carbonyl (C=O) groups excluding carboxylic acids is 2. The van der Waals surface area contributed by atoms with Crippen LogP contribution in [0.4, 0.5) is 0 Å². The van der Waals surface area contributed by atoms with E-state index in [2.05, 4.69) is 20.7 Å². The number of hydrogen-bond acceptors (Lipinski definition) is 7. The Kier molecular flexibility index (Phi) is 8.85. The van der Waals surface area contributed by atoms with Crippen molar-refractivity contribution < 1.29 is 28.5 Å². The molecule has 0 unspecified atom stereocenters. The van der Waals surface area contributed by atoms with Crippen LogP contribution < -0.4 is 14.2 Å². The van der Waals surface area contributed by atoms with E-state index in [0.717, 1.165) is 0 Å². The Balaban J connectivity index is 2.16. The van der Waals surface area contributed by atoms with E-state index in [9.17, 15) is 9.59 Å². The first-order valence-electron chi connectivity index (χ1n) is 9.12. The third-order valence-electron chi connectivity index (χ3n) is 3.87. The third kappa shape index (κ3) is 6.73. The quantitative estimate of drug-likeness (QED) is 0.234. The van der Waals surface area contributed by atoms with Crippen molar-refractivity contribution >= 4 is 40.0 Å². The molecule has 0 aliphatic carbocycles. The maximum atomic E-state index is 12.2. The van der Waals surface area contributed by atoms with E-state index < -0.39 is 11.9 Å². The number of halogens is 1. The van der Waals surface area contributed by atoms with Crippen LogP contribution in [0.2, 0.25) is 0 Å². The largest absolute Gasteiger partial charge is 0.493 e. The van der Waals surface area contributed by atoms with E-state index in [4.69, 9.17) is 19.5 Å². The van der Waals surface area contributed by atoms with Crippen LogP contribution >= 0.6 is 15.9 Å². The van der Waals surface area contributed by atoms with Gasteiger partial charge in [0, 0.05) is 6.08 Å². The van der Waals surface area contributed by atoms with Gasteiger partial charge in [0.2, 0.25) is 0 Å². The lowest BCUT2D eigenvalue weighted by atomic mass is 10.1. The molecule has 0 N–H and O–H groups in total. The maximum Gasteiger partial charge on any atom is 0.348 e. The molecule has 0 fully saturated rings. The molecule has 0 amide bonds. The smallest absolute Gasteiger partial charge is 0.348 e. The molecule has 7 nitrogen and oxygen atoms in total. The Morgan fingerprint density at radius 2 is 1.94 bits per heavy atom. The summed E-state index contributed by atoms with van der Waals surface area (Å²) >= 11 is 3.43. The summed E-state index contributed by atoms with van der Waals surface area (Å²) in [4.78, 5) is 23.7. The summed E-state index contributed by atoms with van der Waals surface area (Å²) in [6.45, 7) is 2.36. The van der Waals surface area contributed by atoms with Crippen molar-refractivity contribution in [3.8, 4) is 23.3 Å². The molecule has 31 heavy (non-hydrogen) atoms. The average molecular weight is 486 g/mol. The number of carbonyl (C=O) groups is 2. The Bertz CT molecular complexity index is 1070. The van der Waals surface area contributed by atoms with E-state index in [1.807, 2.05) is 6.92 Å². The van der Waals surface area contributed by atoms with Gasteiger partial charge in [0.25, 0.3) is 0 Å². The fraction of sp³-hybridized carbons (Fsp3) is 0.174. The number of nitrogens with zero attached hydrogens (tertiary/aromatic N) is 1. The highest BCUT2D eigenvalue weighted by molar-refractivity contribution is 9.10. The van der Waals surface area contributed by atoms with Crippen LogP contribution in [0.15, 0.2) is 52.5 Å². The first-order valence-corrected chi connectivity index (χ1v) is 9.91. The molecule has 0 aliphatic heterocycles. The summed E-state index contributed by atoms with van der Waals surface area (Å²) in [6, 6.07) is 11.7. The molecule has 0 saturated heterocycles. The second-order valence-electron chi connectivity index (χ2n) is 5.96. The number of rotatable bonds is 8. The number of methoxy groups -OCH3 is 2. The van der Waals surface area contributed by atoms with Gasteiger partial charge in [-0.2, -0.15) is 5.26 Å². The number of nitriles is 1. The first-order chi connectivity index (χ1) is 14.9. The molecule has 0 saturated carbocycles. The molecule has 2 rings (SSSR count). The standard InChI is InChI=1S/C23H20BrNO6/c1-4-30-22-19(24)12-16(13-20(22)28-2)8-9-21(26)31-18-7-5-6-15(11-18)10-17(14-25)23(27)29-3/h5-13H,4H2,1-3H3/b9-8+,17-10+. The summed E-state index contributed by atoms with van der Waals surface area (Å²) in [7, 11) is 2.72. The Morgan fingerprint density at radius 1 is 1.16 bits per heavy atom. The summed E-state index contributed by atoms with van der Waals surface area (Å²) < 4.78 is 21.4. The second kappa shape index (κ2) is 11.6. The topological polar surface area (TPSA) is 94.9 Å².